The van der Waals surface area contributed by atoms with Gasteiger partial charge in [-0.15, -0.1) is 11.3 Å². The minimum atomic E-state index is -0.311. The topological polar surface area (TPSA) is 86.4 Å². The maximum absolute atomic E-state index is 13.3. The summed E-state index contributed by atoms with van der Waals surface area (Å²) in [6.07, 6.45) is 3.62. The van der Waals surface area contributed by atoms with Crippen molar-refractivity contribution in [3.05, 3.63) is 83.5 Å². The van der Waals surface area contributed by atoms with Gasteiger partial charge in [0.1, 0.15) is 9.71 Å². The molecule has 0 aliphatic carbocycles. The van der Waals surface area contributed by atoms with E-state index in [0.29, 0.717) is 27.6 Å². The molecule has 2 aliphatic heterocycles. The van der Waals surface area contributed by atoms with Crippen LogP contribution >= 0.6 is 11.3 Å². The summed E-state index contributed by atoms with van der Waals surface area (Å²) in [5.41, 5.74) is 4.89. The van der Waals surface area contributed by atoms with Crippen molar-refractivity contribution in [1.29, 1.82) is 0 Å². The molecule has 7 nitrogen and oxygen atoms in total. The SMILES string of the molecule is O=C(NC1=CCNC1)c1sc2nccc3c2c1NC(=O)N3c1cccc(-c2ccccc2)c1. The summed E-state index contributed by atoms with van der Waals surface area (Å²) in [5.74, 6) is -0.242. The number of benzene rings is 2. The summed E-state index contributed by atoms with van der Waals surface area (Å²) in [7, 11) is 0. The zero-order valence-electron chi connectivity index (χ0n) is 17.5. The van der Waals surface area contributed by atoms with Crippen LogP contribution in [0.4, 0.5) is 21.9 Å². The Morgan fingerprint density at radius 1 is 1.06 bits per heavy atom. The van der Waals surface area contributed by atoms with Gasteiger partial charge in [-0.05, 0) is 35.4 Å². The van der Waals surface area contributed by atoms with Gasteiger partial charge in [0.2, 0.25) is 0 Å². The van der Waals surface area contributed by atoms with Gasteiger partial charge in [-0.25, -0.2) is 9.78 Å². The molecule has 0 unspecified atom stereocenters. The van der Waals surface area contributed by atoms with Gasteiger partial charge in [0.25, 0.3) is 5.91 Å². The first-order valence-corrected chi connectivity index (χ1v) is 11.4. The fourth-order valence-electron chi connectivity index (χ4n) is 4.23. The second-order valence-corrected chi connectivity index (χ2v) is 8.81. The molecule has 0 saturated carbocycles. The van der Waals surface area contributed by atoms with Gasteiger partial charge in [-0.3, -0.25) is 9.69 Å². The number of amides is 3. The molecule has 0 atom stereocenters. The number of hydrogen-bond donors (Lipinski definition) is 3. The third kappa shape index (κ3) is 3.36. The Bertz CT molecular complexity index is 1440. The highest BCUT2D eigenvalue weighted by molar-refractivity contribution is 7.21. The summed E-state index contributed by atoms with van der Waals surface area (Å²) in [5, 5.41) is 9.82. The van der Waals surface area contributed by atoms with Crippen LogP contribution in [-0.2, 0) is 0 Å². The number of urea groups is 1. The van der Waals surface area contributed by atoms with Gasteiger partial charge in [-0.1, -0.05) is 42.5 Å². The summed E-state index contributed by atoms with van der Waals surface area (Å²) >= 11 is 1.28. The van der Waals surface area contributed by atoms with Crippen LogP contribution in [0.1, 0.15) is 9.67 Å². The fraction of sp³-hybridized carbons (Fsp3) is 0.0800. The van der Waals surface area contributed by atoms with E-state index in [4.69, 9.17) is 0 Å². The Labute approximate surface area is 193 Å². The lowest BCUT2D eigenvalue weighted by Crippen LogP contribution is -2.34. The zero-order valence-corrected chi connectivity index (χ0v) is 18.3. The van der Waals surface area contributed by atoms with Crippen molar-refractivity contribution in [3.8, 4) is 11.1 Å². The van der Waals surface area contributed by atoms with Crippen molar-refractivity contribution in [2.45, 2.75) is 0 Å². The van der Waals surface area contributed by atoms with Crippen LogP contribution in [0.3, 0.4) is 0 Å². The number of anilines is 3. The Kier molecular flexibility index (Phi) is 4.67. The van der Waals surface area contributed by atoms with Crippen molar-refractivity contribution in [3.63, 3.8) is 0 Å². The highest BCUT2D eigenvalue weighted by atomic mass is 32.1. The second-order valence-electron chi connectivity index (χ2n) is 7.81. The first kappa shape index (κ1) is 19.7. The van der Waals surface area contributed by atoms with Gasteiger partial charge in [0.05, 0.1) is 22.4 Å². The molecule has 0 radical (unpaired) electrons. The molecule has 6 rings (SSSR count). The van der Waals surface area contributed by atoms with Crippen LogP contribution in [0, 0.1) is 0 Å². The van der Waals surface area contributed by atoms with Crippen LogP contribution in [0.25, 0.3) is 21.3 Å². The molecule has 33 heavy (non-hydrogen) atoms. The maximum atomic E-state index is 13.3. The first-order valence-electron chi connectivity index (χ1n) is 10.6. The highest BCUT2D eigenvalue weighted by Crippen LogP contribution is 2.46. The molecule has 3 N–H and O–H groups in total. The standard InChI is InChI=1S/C25H19N5O2S/c31-23(28-17-9-11-26-14-17)22-21-20-19(10-12-27-24(20)33-22)30(25(32)29-21)18-8-4-7-16(13-18)15-5-2-1-3-6-15/h1-10,12-13,26H,11,14H2,(H,28,31)(H,29,32). The number of thiophene rings is 1. The third-order valence-electron chi connectivity index (χ3n) is 5.75. The largest absolute Gasteiger partial charge is 0.331 e. The Morgan fingerprint density at radius 2 is 1.91 bits per heavy atom. The van der Waals surface area contributed by atoms with E-state index in [0.717, 1.165) is 34.4 Å². The summed E-state index contributed by atoms with van der Waals surface area (Å²) in [6.45, 7) is 1.35. The minimum absolute atomic E-state index is 0.242. The Hall–Kier alpha value is -4.01. The normalized spacial score (nSPS) is 14.8. The zero-order chi connectivity index (χ0) is 22.4. The van der Waals surface area contributed by atoms with E-state index in [-0.39, 0.29) is 11.9 Å². The minimum Gasteiger partial charge on any atom is -0.324 e. The molecule has 0 fully saturated rings. The average molecular weight is 454 g/mol. The lowest BCUT2D eigenvalue weighted by molar-refractivity contribution is 0.0970. The van der Waals surface area contributed by atoms with Crippen LogP contribution in [0.2, 0.25) is 0 Å². The average Bonchev–Trinajstić information content (AvgIpc) is 3.49. The summed E-state index contributed by atoms with van der Waals surface area (Å²) in [6, 6.07) is 19.4. The molecule has 4 aromatic rings. The molecule has 3 amide bonds. The quantitative estimate of drug-likeness (QED) is 0.412. The fourth-order valence-corrected chi connectivity index (χ4v) is 5.24. The Morgan fingerprint density at radius 3 is 2.73 bits per heavy atom. The van der Waals surface area contributed by atoms with Gasteiger partial charge in [0, 0.05) is 25.0 Å². The van der Waals surface area contributed by atoms with Gasteiger partial charge < -0.3 is 16.0 Å². The van der Waals surface area contributed by atoms with Crippen molar-refractivity contribution in [1.82, 2.24) is 15.6 Å². The molecular formula is C25H19N5O2S. The van der Waals surface area contributed by atoms with Crippen LogP contribution < -0.4 is 20.9 Å². The summed E-state index contributed by atoms with van der Waals surface area (Å²) < 4.78 is 0. The van der Waals surface area contributed by atoms with E-state index in [2.05, 4.69) is 20.9 Å². The number of pyridine rings is 1. The molecular weight excluding hydrogens is 434 g/mol. The Balaban J connectivity index is 1.44. The van der Waals surface area contributed by atoms with Crippen molar-refractivity contribution in [2.24, 2.45) is 0 Å². The number of carbonyl (C=O) groups excluding carboxylic acids is 2. The lowest BCUT2D eigenvalue weighted by atomic mass is 10.0. The number of aromatic nitrogens is 1. The van der Waals surface area contributed by atoms with Gasteiger partial charge >= 0.3 is 6.03 Å². The molecule has 0 bridgehead atoms. The first-order chi connectivity index (χ1) is 16.2. The molecule has 0 spiro atoms. The second kappa shape index (κ2) is 7.84. The monoisotopic (exact) mass is 453 g/mol. The van der Waals surface area contributed by atoms with E-state index in [9.17, 15) is 9.59 Å². The number of nitrogens with zero attached hydrogens (tertiary/aromatic N) is 2. The van der Waals surface area contributed by atoms with Crippen molar-refractivity contribution >= 4 is 50.6 Å². The van der Waals surface area contributed by atoms with E-state index >= 15 is 0 Å². The molecule has 2 aromatic heterocycles. The smallest absolute Gasteiger partial charge is 0.324 e. The molecule has 8 heteroatoms. The number of hydrogen-bond acceptors (Lipinski definition) is 5. The third-order valence-corrected chi connectivity index (χ3v) is 6.84. The van der Waals surface area contributed by atoms with Crippen LogP contribution in [0.5, 0.6) is 0 Å². The number of rotatable bonds is 4. The highest BCUT2D eigenvalue weighted by Gasteiger charge is 2.33. The predicted molar refractivity (Wildman–Crippen MR) is 131 cm³/mol. The van der Waals surface area contributed by atoms with Crippen LogP contribution in [0.15, 0.2) is 78.6 Å². The van der Waals surface area contributed by atoms with Gasteiger partial charge in [0.15, 0.2) is 0 Å². The predicted octanol–water partition coefficient (Wildman–Crippen LogP) is 4.86. The molecule has 162 valence electrons. The molecule has 4 heterocycles. The molecule has 2 aromatic carbocycles. The number of nitrogens with one attached hydrogen (secondary N) is 3. The number of carbonyl (C=O) groups is 2. The van der Waals surface area contributed by atoms with Crippen LogP contribution in [-0.4, -0.2) is 30.0 Å². The van der Waals surface area contributed by atoms with E-state index in [1.807, 2.05) is 66.7 Å². The molecule has 0 saturated heterocycles. The maximum Gasteiger partial charge on any atom is 0.331 e. The van der Waals surface area contributed by atoms with E-state index in [1.165, 1.54) is 11.3 Å². The van der Waals surface area contributed by atoms with Crippen molar-refractivity contribution < 1.29 is 9.59 Å². The molecule has 2 aliphatic rings. The lowest BCUT2D eigenvalue weighted by Gasteiger charge is -2.28. The van der Waals surface area contributed by atoms with Gasteiger partial charge in [-0.2, -0.15) is 0 Å². The van der Waals surface area contributed by atoms with E-state index < -0.39 is 0 Å². The van der Waals surface area contributed by atoms with Crippen molar-refractivity contribution in [2.75, 3.05) is 23.3 Å². The van der Waals surface area contributed by atoms with E-state index in [1.54, 1.807) is 11.1 Å². The summed E-state index contributed by atoms with van der Waals surface area (Å²) in [4.78, 5) is 33.6.